The fourth-order valence-electron chi connectivity index (χ4n) is 2.85. The Morgan fingerprint density at radius 1 is 1.19 bits per heavy atom. The highest BCUT2D eigenvalue weighted by molar-refractivity contribution is 7.14. The number of thiazole rings is 1. The lowest BCUT2D eigenvalue weighted by molar-refractivity contribution is -0.385. The van der Waals surface area contributed by atoms with E-state index in [-0.39, 0.29) is 23.6 Å². The van der Waals surface area contributed by atoms with Gasteiger partial charge in [-0.25, -0.2) is 4.98 Å². The number of carbonyl (C=O) groups excluding carboxylic acids is 1. The van der Waals surface area contributed by atoms with Crippen LogP contribution in [0.3, 0.4) is 0 Å². The van der Waals surface area contributed by atoms with Gasteiger partial charge in [0, 0.05) is 29.1 Å². The molecule has 0 radical (unpaired) electrons. The molecular weight excluding hydrogens is 432 g/mol. The highest BCUT2D eigenvalue weighted by atomic mass is 32.1. The molecule has 1 amide bonds. The van der Waals surface area contributed by atoms with Crippen LogP contribution in [0.2, 0.25) is 0 Å². The molecule has 0 aliphatic heterocycles. The summed E-state index contributed by atoms with van der Waals surface area (Å²) in [6, 6.07) is 11.7. The number of amides is 1. The number of likely N-dealkylation sites (N-methyl/N-ethyl adjacent to an activating group) is 1. The first-order chi connectivity index (χ1) is 15.4. The minimum atomic E-state index is -0.573. The number of nitro benzene ring substituents is 1. The van der Waals surface area contributed by atoms with E-state index >= 15 is 0 Å². The van der Waals surface area contributed by atoms with E-state index in [9.17, 15) is 14.9 Å². The topological polar surface area (TPSA) is 107 Å². The third-order valence-electron chi connectivity index (χ3n) is 4.40. The summed E-state index contributed by atoms with van der Waals surface area (Å²) in [7, 11) is 3.95. The summed E-state index contributed by atoms with van der Waals surface area (Å²) < 4.78 is 11.1. The number of benzene rings is 2. The number of aromatic nitrogens is 1. The number of carbonyl (C=O) groups is 1. The van der Waals surface area contributed by atoms with E-state index in [0.29, 0.717) is 23.2 Å². The van der Waals surface area contributed by atoms with Crippen molar-refractivity contribution in [1.82, 2.24) is 9.88 Å². The number of nitrogens with zero attached hydrogens (tertiary/aromatic N) is 3. The van der Waals surface area contributed by atoms with Crippen LogP contribution < -0.4 is 14.8 Å². The maximum Gasteiger partial charge on any atom is 0.311 e. The molecule has 3 rings (SSSR count). The molecule has 0 spiro atoms. The highest BCUT2D eigenvalue weighted by Gasteiger charge is 2.19. The van der Waals surface area contributed by atoms with Gasteiger partial charge in [-0.15, -0.1) is 11.3 Å². The predicted octanol–water partition coefficient (Wildman–Crippen LogP) is 4.31. The number of nitrogens with one attached hydrogen (secondary N) is 1. The molecule has 32 heavy (non-hydrogen) atoms. The van der Waals surface area contributed by atoms with E-state index in [4.69, 9.17) is 9.47 Å². The number of rotatable bonds is 10. The van der Waals surface area contributed by atoms with Crippen molar-refractivity contribution in [2.24, 2.45) is 0 Å². The van der Waals surface area contributed by atoms with Crippen LogP contribution in [0.25, 0.3) is 11.3 Å². The van der Waals surface area contributed by atoms with Crippen molar-refractivity contribution in [2.75, 3.05) is 39.2 Å². The largest absolute Gasteiger partial charge is 0.492 e. The van der Waals surface area contributed by atoms with E-state index in [1.54, 1.807) is 6.92 Å². The van der Waals surface area contributed by atoms with Gasteiger partial charge >= 0.3 is 5.69 Å². The minimum Gasteiger partial charge on any atom is -0.492 e. The number of anilines is 1. The van der Waals surface area contributed by atoms with Gasteiger partial charge in [-0.1, -0.05) is 12.1 Å². The van der Waals surface area contributed by atoms with Crippen molar-refractivity contribution in [2.45, 2.75) is 6.92 Å². The maximum absolute atomic E-state index is 12.6. The summed E-state index contributed by atoms with van der Waals surface area (Å²) in [5.41, 5.74) is 1.37. The highest BCUT2D eigenvalue weighted by Crippen LogP contribution is 2.33. The van der Waals surface area contributed by atoms with Gasteiger partial charge in [-0.05, 0) is 45.3 Å². The summed E-state index contributed by atoms with van der Waals surface area (Å²) in [5, 5.41) is 16.2. The molecule has 9 nitrogen and oxygen atoms in total. The van der Waals surface area contributed by atoms with Crippen molar-refractivity contribution in [3.63, 3.8) is 0 Å². The number of hydrogen-bond acceptors (Lipinski definition) is 8. The standard InChI is InChI=1S/C22H24N4O5S/c1-4-30-20-10-9-15(13-18(20)26(28)29)21(27)24-22-23-17(14-32-22)16-7-5-6-8-19(16)31-12-11-25(2)3/h5-10,13-14H,4,11-12H2,1-3H3,(H,23,24,27). The number of ether oxygens (including phenoxy) is 2. The molecule has 0 saturated carbocycles. The Labute approximate surface area is 189 Å². The zero-order valence-corrected chi connectivity index (χ0v) is 18.8. The van der Waals surface area contributed by atoms with Crippen LogP contribution in [-0.2, 0) is 0 Å². The van der Waals surface area contributed by atoms with Gasteiger partial charge in [0.1, 0.15) is 12.4 Å². The second kappa shape index (κ2) is 10.7. The molecule has 0 aliphatic rings. The molecule has 168 valence electrons. The van der Waals surface area contributed by atoms with E-state index in [1.807, 2.05) is 48.6 Å². The Bertz CT molecular complexity index is 1100. The second-order valence-electron chi connectivity index (χ2n) is 7.01. The molecule has 1 heterocycles. The van der Waals surface area contributed by atoms with Gasteiger partial charge in [0.25, 0.3) is 5.91 Å². The molecule has 10 heteroatoms. The molecule has 0 atom stereocenters. The summed E-state index contributed by atoms with van der Waals surface area (Å²) in [5.74, 6) is 0.337. The quantitative estimate of drug-likeness (QED) is 0.358. The monoisotopic (exact) mass is 456 g/mol. The van der Waals surface area contributed by atoms with Crippen LogP contribution in [0, 0.1) is 10.1 Å². The Kier molecular flexibility index (Phi) is 7.74. The van der Waals surface area contributed by atoms with E-state index in [1.165, 1.54) is 29.5 Å². The lowest BCUT2D eigenvalue weighted by Gasteiger charge is -2.13. The molecular formula is C22H24N4O5S. The van der Waals surface area contributed by atoms with Gasteiger partial charge in [-0.3, -0.25) is 20.2 Å². The third-order valence-corrected chi connectivity index (χ3v) is 5.16. The van der Waals surface area contributed by atoms with E-state index < -0.39 is 10.8 Å². The number of para-hydroxylation sites is 1. The summed E-state index contributed by atoms with van der Waals surface area (Å²) >= 11 is 1.26. The van der Waals surface area contributed by atoms with Crippen molar-refractivity contribution in [1.29, 1.82) is 0 Å². The van der Waals surface area contributed by atoms with Crippen LogP contribution in [0.5, 0.6) is 11.5 Å². The molecule has 0 fully saturated rings. The molecule has 1 N–H and O–H groups in total. The van der Waals surface area contributed by atoms with Crippen molar-refractivity contribution >= 4 is 28.1 Å². The molecule has 0 unspecified atom stereocenters. The summed E-state index contributed by atoms with van der Waals surface area (Å²) in [4.78, 5) is 29.9. The van der Waals surface area contributed by atoms with Crippen LogP contribution in [0.1, 0.15) is 17.3 Å². The first-order valence-electron chi connectivity index (χ1n) is 9.94. The summed E-state index contributed by atoms with van der Waals surface area (Å²) in [6.45, 7) is 3.33. The van der Waals surface area contributed by atoms with Gasteiger partial charge in [0.05, 0.1) is 17.2 Å². The SMILES string of the molecule is CCOc1ccc(C(=O)Nc2nc(-c3ccccc3OCCN(C)C)cs2)cc1[N+](=O)[O-]. The molecule has 0 bridgehead atoms. The Balaban J connectivity index is 1.75. The third kappa shape index (κ3) is 5.80. The normalized spacial score (nSPS) is 10.8. The maximum atomic E-state index is 12.6. The van der Waals surface area contributed by atoms with Crippen LogP contribution >= 0.6 is 11.3 Å². The van der Waals surface area contributed by atoms with Crippen molar-refractivity contribution < 1.29 is 19.2 Å². The zero-order valence-electron chi connectivity index (χ0n) is 18.0. The predicted molar refractivity (Wildman–Crippen MR) is 124 cm³/mol. The zero-order chi connectivity index (χ0) is 23.1. The average Bonchev–Trinajstić information content (AvgIpc) is 3.22. The Morgan fingerprint density at radius 2 is 1.97 bits per heavy atom. The van der Waals surface area contributed by atoms with Gasteiger partial charge in [0.2, 0.25) is 0 Å². The van der Waals surface area contributed by atoms with Crippen molar-refractivity contribution in [3.05, 3.63) is 63.5 Å². The molecule has 3 aromatic rings. The fourth-order valence-corrected chi connectivity index (χ4v) is 3.55. The summed E-state index contributed by atoms with van der Waals surface area (Å²) in [6.07, 6.45) is 0. The molecule has 2 aromatic carbocycles. The second-order valence-corrected chi connectivity index (χ2v) is 7.87. The van der Waals surface area contributed by atoms with E-state index in [2.05, 4.69) is 10.3 Å². The smallest absolute Gasteiger partial charge is 0.311 e. The first kappa shape index (κ1) is 23.2. The lowest BCUT2D eigenvalue weighted by Crippen LogP contribution is -2.19. The number of hydrogen-bond donors (Lipinski definition) is 1. The number of nitro groups is 1. The Morgan fingerprint density at radius 3 is 2.69 bits per heavy atom. The molecule has 0 aliphatic carbocycles. The average molecular weight is 457 g/mol. The van der Waals surface area contributed by atoms with Gasteiger partial charge < -0.3 is 14.4 Å². The van der Waals surface area contributed by atoms with Crippen LogP contribution in [-0.4, -0.2) is 54.6 Å². The van der Waals surface area contributed by atoms with Crippen LogP contribution in [0.4, 0.5) is 10.8 Å². The first-order valence-corrected chi connectivity index (χ1v) is 10.8. The fraction of sp³-hybridized carbons (Fsp3) is 0.273. The molecule has 0 saturated heterocycles. The minimum absolute atomic E-state index is 0.122. The molecule has 1 aromatic heterocycles. The van der Waals surface area contributed by atoms with Crippen LogP contribution in [0.15, 0.2) is 47.8 Å². The lowest BCUT2D eigenvalue weighted by atomic mass is 10.1. The van der Waals surface area contributed by atoms with Crippen molar-refractivity contribution in [3.8, 4) is 22.8 Å². The van der Waals surface area contributed by atoms with Gasteiger partial charge in [-0.2, -0.15) is 0 Å². The van der Waals surface area contributed by atoms with E-state index in [0.717, 1.165) is 12.1 Å². The Hall–Kier alpha value is -3.50. The van der Waals surface area contributed by atoms with Gasteiger partial charge in [0.15, 0.2) is 10.9 Å².